The summed E-state index contributed by atoms with van der Waals surface area (Å²) in [7, 11) is 0. The zero-order valence-electron chi connectivity index (χ0n) is 11.3. The average Bonchev–Trinajstić information content (AvgIpc) is 3.05. The molecule has 1 unspecified atom stereocenters. The van der Waals surface area contributed by atoms with Gasteiger partial charge in [0.2, 0.25) is 11.8 Å². The molecule has 1 aromatic carbocycles. The van der Waals surface area contributed by atoms with Crippen LogP contribution in [0.25, 0.3) is 0 Å². The Labute approximate surface area is 124 Å². The minimum absolute atomic E-state index is 0.147. The summed E-state index contributed by atoms with van der Waals surface area (Å²) >= 11 is 4.28. The molecule has 0 spiro atoms. The number of rotatable bonds is 3. The van der Waals surface area contributed by atoms with Crippen molar-refractivity contribution in [1.29, 1.82) is 0 Å². The molecule has 4 nitrogen and oxygen atoms in total. The number of benzene rings is 1. The van der Waals surface area contributed by atoms with Crippen LogP contribution >= 0.6 is 12.6 Å². The highest BCUT2D eigenvalue weighted by Crippen LogP contribution is 2.30. The number of hydrogen-bond donors (Lipinski definition) is 1. The van der Waals surface area contributed by atoms with Crippen LogP contribution in [0.15, 0.2) is 24.3 Å². The Bertz CT molecular complexity index is 546. The number of hydrogen-bond acceptors (Lipinski definition) is 3. The van der Waals surface area contributed by atoms with E-state index in [1.807, 2.05) is 29.2 Å². The van der Waals surface area contributed by atoms with Gasteiger partial charge in [-0.25, -0.2) is 0 Å². The number of carbonyl (C=O) groups excluding carboxylic acids is 2. The summed E-state index contributed by atoms with van der Waals surface area (Å²) in [5.41, 5.74) is 1.78. The van der Waals surface area contributed by atoms with Gasteiger partial charge < -0.3 is 9.80 Å². The molecule has 2 aliphatic rings. The van der Waals surface area contributed by atoms with Crippen molar-refractivity contribution in [3.63, 3.8) is 0 Å². The SMILES string of the molecule is O=C1CCCN1c1cccc(N2CC(CS)CC2=O)c1. The summed E-state index contributed by atoms with van der Waals surface area (Å²) in [6, 6.07) is 7.73. The van der Waals surface area contributed by atoms with Crippen LogP contribution in [0.5, 0.6) is 0 Å². The lowest BCUT2D eigenvalue weighted by molar-refractivity contribution is -0.117. The molecule has 1 aromatic rings. The molecule has 2 heterocycles. The Hall–Kier alpha value is -1.49. The second kappa shape index (κ2) is 5.48. The molecule has 0 N–H and O–H groups in total. The first-order valence-electron chi connectivity index (χ1n) is 7.00. The Balaban J connectivity index is 1.84. The summed E-state index contributed by atoms with van der Waals surface area (Å²) in [5.74, 6) is 1.37. The lowest BCUT2D eigenvalue weighted by Gasteiger charge is -2.21. The number of thiol groups is 1. The molecule has 0 aromatic heterocycles. The molecule has 2 saturated heterocycles. The first kappa shape index (κ1) is 13.5. The molecule has 0 bridgehead atoms. The van der Waals surface area contributed by atoms with Crippen LogP contribution in [0.4, 0.5) is 11.4 Å². The van der Waals surface area contributed by atoms with E-state index >= 15 is 0 Å². The lowest BCUT2D eigenvalue weighted by Crippen LogP contribution is -2.26. The van der Waals surface area contributed by atoms with E-state index in [-0.39, 0.29) is 11.8 Å². The van der Waals surface area contributed by atoms with Crippen LogP contribution in [0.2, 0.25) is 0 Å². The first-order valence-corrected chi connectivity index (χ1v) is 7.64. The average molecular weight is 290 g/mol. The van der Waals surface area contributed by atoms with Gasteiger partial charge in [0.1, 0.15) is 0 Å². The fourth-order valence-electron chi connectivity index (χ4n) is 2.90. The van der Waals surface area contributed by atoms with Crippen molar-refractivity contribution in [1.82, 2.24) is 0 Å². The molecule has 1 atom stereocenters. The molecule has 20 heavy (non-hydrogen) atoms. The Morgan fingerprint density at radius 3 is 2.50 bits per heavy atom. The van der Waals surface area contributed by atoms with E-state index < -0.39 is 0 Å². The number of anilines is 2. The van der Waals surface area contributed by atoms with Gasteiger partial charge in [-0.3, -0.25) is 9.59 Å². The van der Waals surface area contributed by atoms with E-state index in [1.165, 1.54) is 0 Å². The van der Waals surface area contributed by atoms with E-state index in [1.54, 1.807) is 4.90 Å². The lowest BCUT2D eigenvalue weighted by atomic mass is 10.1. The largest absolute Gasteiger partial charge is 0.312 e. The van der Waals surface area contributed by atoms with Crippen LogP contribution < -0.4 is 9.80 Å². The molecule has 2 aliphatic heterocycles. The maximum absolute atomic E-state index is 12.1. The van der Waals surface area contributed by atoms with Crippen molar-refractivity contribution in [3.05, 3.63) is 24.3 Å². The van der Waals surface area contributed by atoms with E-state index in [9.17, 15) is 9.59 Å². The highest BCUT2D eigenvalue weighted by Gasteiger charge is 2.30. The molecular formula is C15H18N2O2S. The van der Waals surface area contributed by atoms with E-state index in [0.29, 0.717) is 18.8 Å². The van der Waals surface area contributed by atoms with Crippen molar-refractivity contribution in [2.45, 2.75) is 19.3 Å². The third-order valence-electron chi connectivity index (χ3n) is 3.99. The topological polar surface area (TPSA) is 40.6 Å². The zero-order valence-corrected chi connectivity index (χ0v) is 12.2. The van der Waals surface area contributed by atoms with Gasteiger partial charge in [0.05, 0.1) is 0 Å². The highest BCUT2D eigenvalue weighted by molar-refractivity contribution is 7.80. The van der Waals surface area contributed by atoms with Crippen molar-refractivity contribution < 1.29 is 9.59 Å². The van der Waals surface area contributed by atoms with Crippen LogP contribution in [0, 0.1) is 5.92 Å². The maximum atomic E-state index is 12.1. The molecule has 2 amide bonds. The number of amides is 2. The maximum Gasteiger partial charge on any atom is 0.227 e. The van der Waals surface area contributed by atoms with Gasteiger partial charge in [0.15, 0.2) is 0 Å². The predicted octanol–water partition coefficient (Wildman–Crippen LogP) is 2.10. The van der Waals surface area contributed by atoms with Gasteiger partial charge in [0, 0.05) is 37.3 Å². The van der Waals surface area contributed by atoms with E-state index in [2.05, 4.69) is 12.6 Å². The number of nitrogens with zero attached hydrogens (tertiary/aromatic N) is 2. The normalized spacial score (nSPS) is 22.9. The summed E-state index contributed by atoms with van der Waals surface area (Å²) in [4.78, 5) is 27.5. The molecule has 2 fully saturated rings. The van der Waals surface area contributed by atoms with E-state index in [0.717, 1.165) is 36.6 Å². The standard InChI is InChI=1S/C15H18N2O2S/c18-14-5-2-6-16(14)12-3-1-4-13(8-12)17-9-11(10-20)7-15(17)19/h1,3-4,8,11,20H,2,5-7,9-10H2. The van der Waals surface area contributed by atoms with Crippen molar-refractivity contribution in [2.24, 2.45) is 5.92 Å². The van der Waals surface area contributed by atoms with Gasteiger partial charge in [-0.2, -0.15) is 12.6 Å². The molecule has 0 aliphatic carbocycles. The summed E-state index contributed by atoms with van der Waals surface area (Å²) in [6.07, 6.45) is 2.10. The molecule has 5 heteroatoms. The molecule has 0 saturated carbocycles. The second-order valence-electron chi connectivity index (χ2n) is 5.43. The third-order valence-corrected chi connectivity index (χ3v) is 4.51. The third kappa shape index (κ3) is 2.42. The summed E-state index contributed by atoms with van der Waals surface area (Å²) in [6.45, 7) is 1.50. The molecule has 0 radical (unpaired) electrons. The zero-order chi connectivity index (χ0) is 14.1. The minimum atomic E-state index is 0.147. The number of carbonyl (C=O) groups is 2. The molecular weight excluding hydrogens is 272 g/mol. The van der Waals surface area contributed by atoms with Gasteiger partial charge in [-0.05, 0) is 36.3 Å². The molecule has 106 valence electrons. The van der Waals surface area contributed by atoms with Crippen molar-refractivity contribution >= 4 is 35.8 Å². The fourth-order valence-corrected chi connectivity index (χ4v) is 3.15. The fraction of sp³-hybridized carbons (Fsp3) is 0.467. The predicted molar refractivity (Wildman–Crippen MR) is 82.3 cm³/mol. The Kier molecular flexibility index (Phi) is 3.70. The van der Waals surface area contributed by atoms with Crippen molar-refractivity contribution in [3.8, 4) is 0 Å². The van der Waals surface area contributed by atoms with Gasteiger partial charge in [-0.15, -0.1) is 0 Å². The second-order valence-corrected chi connectivity index (χ2v) is 5.79. The summed E-state index contributed by atoms with van der Waals surface area (Å²) < 4.78 is 0. The highest BCUT2D eigenvalue weighted by atomic mass is 32.1. The van der Waals surface area contributed by atoms with Gasteiger partial charge >= 0.3 is 0 Å². The van der Waals surface area contributed by atoms with Gasteiger partial charge in [-0.1, -0.05) is 6.07 Å². The summed E-state index contributed by atoms with van der Waals surface area (Å²) in [5, 5.41) is 0. The van der Waals surface area contributed by atoms with E-state index in [4.69, 9.17) is 0 Å². The smallest absolute Gasteiger partial charge is 0.227 e. The van der Waals surface area contributed by atoms with Crippen LogP contribution in [-0.4, -0.2) is 30.7 Å². The molecule has 3 rings (SSSR count). The Morgan fingerprint density at radius 2 is 1.90 bits per heavy atom. The van der Waals surface area contributed by atoms with Crippen LogP contribution in [0.1, 0.15) is 19.3 Å². The van der Waals surface area contributed by atoms with Crippen LogP contribution in [0.3, 0.4) is 0 Å². The first-order chi connectivity index (χ1) is 9.69. The van der Waals surface area contributed by atoms with Crippen molar-refractivity contribution in [2.75, 3.05) is 28.6 Å². The van der Waals surface area contributed by atoms with Crippen LogP contribution in [-0.2, 0) is 9.59 Å². The van der Waals surface area contributed by atoms with Gasteiger partial charge in [0.25, 0.3) is 0 Å². The quantitative estimate of drug-likeness (QED) is 0.866. The minimum Gasteiger partial charge on any atom is -0.312 e. The monoisotopic (exact) mass is 290 g/mol. The Morgan fingerprint density at radius 1 is 1.15 bits per heavy atom.